The van der Waals surface area contributed by atoms with Crippen molar-refractivity contribution in [3.8, 4) is 5.82 Å². The first-order valence-electron chi connectivity index (χ1n) is 8.42. The highest BCUT2D eigenvalue weighted by Gasteiger charge is 2.31. The van der Waals surface area contributed by atoms with Gasteiger partial charge in [0.2, 0.25) is 6.10 Å². The highest BCUT2D eigenvalue weighted by atomic mass is 19.4. The number of carbonyl (C=O) groups excluding carboxylic acids is 2. The number of aromatic nitrogens is 3. The summed E-state index contributed by atoms with van der Waals surface area (Å²) in [5, 5.41) is 3.94. The lowest BCUT2D eigenvalue weighted by molar-refractivity contribution is -0.137. The molecular weight excluding hydrogens is 408 g/mol. The molecule has 0 spiro atoms. The summed E-state index contributed by atoms with van der Waals surface area (Å²) in [6.07, 6.45) is -4.24. The number of amides is 1. The van der Waals surface area contributed by atoms with Crippen LogP contribution in [-0.2, 0) is 15.7 Å². The maximum atomic E-state index is 13.1. The Bertz CT molecular complexity index is 1080. The first-order valence-corrected chi connectivity index (χ1v) is 8.42. The Morgan fingerprint density at radius 3 is 2.30 bits per heavy atom. The monoisotopic (exact) mass is 422 g/mol. The van der Waals surface area contributed by atoms with Crippen molar-refractivity contribution < 1.29 is 31.9 Å². The van der Waals surface area contributed by atoms with E-state index < -0.39 is 35.5 Å². The fourth-order valence-electron chi connectivity index (χ4n) is 2.62. The van der Waals surface area contributed by atoms with Crippen molar-refractivity contribution >= 4 is 11.9 Å². The van der Waals surface area contributed by atoms with Crippen molar-refractivity contribution in [2.45, 2.75) is 19.2 Å². The molecule has 2 N–H and O–H groups in total. The number of ether oxygens (including phenoxy) is 1. The number of carbonyl (C=O) groups is 2. The van der Waals surface area contributed by atoms with Crippen LogP contribution in [0.1, 0.15) is 33.3 Å². The first-order chi connectivity index (χ1) is 14.1. The van der Waals surface area contributed by atoms with Crippen molar-refractivity contribution in [1.82, 2.24) is 14.8 Å². The Morgan fingerprint density at radius 1 is 1.10 bits per heavy atom. The van der Waals surface area contributed by atoms with Crippen LogP contribution in [0.3, 0.4) is 0 Å². The fourth-order valence-corrected chi connectivity index (χ4v) is 2.62. The van der Waals surface area contributed by atoms with Gasteiger partial charge in [-0.2, -0.15) is 18.3 Å². The van der Waals surface area contributed by atoms with E-state index in [9.17, 15) is 27.2 Å². The van der Waals surface area contributed by atoms with Crippen LogP contribution >= 0.6 is 0 Å². The standard InChI is InChI=1S/C19H14F4N4O3/c1-10-14(9-26-27(10)15-7-4-12(8-25-15)19(21,22)23)18(29)30-16(17(24)28)11-2-5-13(20)6-3-11/h2-9,16H,1H3,(H2,24,28). The molecule has 0 aliphatic rings. The third-order valence-electron chi connectivity index (χ3n) is 4.18. The summed E-state index contributed by atoms with van der Waals surface area (Å²) in [5.41, 5.74) is 4.69. The van der Waals surface area contributed by atoms with Gasteiger partial charge in [-0.25, -0.2) is 18.9 Å². The van der Waals surface area contributed by atoms with Crippen LogP contribution in [0.25, 0.3) is 5.82 Å². The van der Waals surface area contributed by atoms with Crippen molar-refractivity contribution in [2.75, 3.05) is 0 Å². The second-order valence-electron chi connectivity index (χ2n) is 6.20. The van der Waals surface area contributed by atoms with Gasteiger partial charge in [-0.05, 0) is 31.2 Å². The lowest BCUT2D eigenvalue weighted by Gasteiger charge is -2.15. The number of alkyl halides is 3. The molecule has 1 aromatic carbocycles. The summed E-state index contributed by atoms with van der Waals surface area (Å²) in [6, 6.07) is 6.60. The Hall–Kier alpha value is -3.76. The van der Waals surface area contributed by atoms with Crippen LogP contribution in [0.15, 0.2) is 48.8 Å². The molecule has 1 unspecified atom stereocenters. The number of pyridine rings is 1. The average molecular weight is 422 g/mol. The van der Waals surface area contributed by atoms with Crippen molar-refractivity contribution in [3.63, 3.8) is 0 Å². The van der Waals surface area contributed by atoms with Crippen LogP contribution in [0.4, 0.5) is 17.6 Å². The van der Waals surface area contributed by atoms with Crippen LogP contribution in [-0.4, -0.2) is 26.6 Å². The molecule has 1 amide bonds. The number of hydrogen-bond acceptors (Lipinski definition) is 5. The summed E-state index contributed by atoms with van der Waals surface area (Å²) in [6.45, 7) is 1.47. The average Bonchev–Trinajstić information content (AvgIpc) is 3.07. The molecule has 0 radical (unpaired) electrons. The van der Waals surface area contributed by atoms with Gasteiger partial charge in [-0.3, -0.25) is 4.79 Å². The second-order valence-corrected chi connectivity index (χ2v) is 6.20. The van der Waals surface area contributed by atoms with E-state index in [1.54, 1.807) is 0 Å². The Labute approximate surface area is 167 Å². The van der Waals surface area contributed by atoms with Gasteiger partial charge >= 0.3 is 12.1 Å². The third-order valence-corrected chi connectivity index (χ3v) is 4.18. The predicted molar refractivity (Wildman–Crippen MR) is 94.8 cm³/mol. The molecule has 2 heterocycles. The van der Waals surface area contributed by atoms with Gasteiger partial charge in [0, 0.05) is 11.8 Å². The number of benzene rings is 1. The van der Waals surface area contributed by atoms with Crippen molar-refractivity contribution in [1.29, 1.82) is 0 Å². The first kappa shape index (κ1) is 21.0. The minimum Gasteiger partial charge on any atom is -0.444 e. The van der Waals surface area contributed by atoms with Gasteiger partial charge in [0.25, 0.3) is 5.91 Å². The molecule has 30 heavy (non-hydrogen) atoms. The van der Waals surface area contributed by atoms with Gasteiger partial charge in [0.05, 0.1) is 17.5 Å². The maximum absolute atomic E-state index is 13.1. The van der Waals surface area contributed by atoms with E-state index in [1.807, 2.05) is 0 Å². The summed E-state index contributed by atoms with van der Waals surface area (Å²) in [4.78, 5) is 27.9. The third kappa shape index (κ3) is 4.29. The van der Waals surface area contributed by atoms with Crippen LogP contribution in [0, 0.1) is 12.7 Å². The number of primary amides is 1. The molecule has 0 aliphatic carbocycles. The molecule has 11 heteroatoms. The Balaban J connectivity index is 1.84. The van der Waals surface area contributed by atoms with Crippen molar-refractivity contribution in [2.24, 2.45) is 5.73 Å². The fraction of sp³-hybridized carbons (Fsp3) is 0.158. The van der Waals surface area contributed by atoms with E-state index in [-0.39, 0.29) is 22.6 Å². The quantitative estimate of drug-likeness (QED) is 0.503. The number of nitrogens with zero attached hydrogens (tertiary/aromatic N) is 3. The van der Waals surface area contributed by atoms with Crippen LogP contribution in [0.5, 0.6) is 0 Å². The normalized spacial score (nSPS) is 12.4. The Morgan fingerprint density at radius 2 is 1.77 bits per heavy atom. The van der Waals surface area contributed by atoms with Crippen LogP contribution < -0.4 is 5.73 Å². The van der Waals surface area contributed by atoms with Gasteiger partial charge in [-0.1, -0.05) is 12.1 Å². The Kier molecular flexibility index (Phi) is 5.54. The van der Waals surface area contributed by atoms with Gasteiger partial charge in [0.15, 0.2) is 5.82 Å². The van der Waals surface area contributed by atoms with Crippen molar-refractivity contribution in [3.05, 3.63) is 77.0 Å². The minimum absolute atomic E-state index is 0.0459. The molecule has 7 nitrogen and oxygen atoms in total. The zero-order valence-electron chi connectivity index (χ0n) is 15.4. The van der Waals surface area contributed by atoms with E-state index in [2.05, 4.69) is 10.1 Å². The van der Waals surface area contributed by atoms with E-state index in [0.29, 0.717) is 6.20 Å². The summed E-state index contributed by atoms with van der Waals surface area (Å²) in [5.74, 6) is -2.41. The smallest absolute Gasteiger partial charge is 0.417 e. The zero-order chi connectivity index (χ0) is 22.1. The van der Waals surface area contributed by atoms with E-state index in [0.717, 1.165) is 35.1 Å². The lowest BCUT2D eigenvalue weighted by atomic mass is 10.1. The summed E-state index contributed by atoms with van der Waals surface area (Å²) < 4.78 is 57.4. The highest BCUT2D eigenvalue weighted by molar-refractivity contribution is 5.93. The molecule has 0 fully saturated rings. The molecule has 156 valence electrons. The molecule has 3 aromatic rings. The van der Waals surface area contributed by atoms with Gasteiger partial charge < -0.3 is 10.5 Å². The van der Waals surface area contributed by atoms with E-state index >= 15 is 0 Å². The maximum Gasteiger partial charge on any atom is 0.417 e. The molecule has 0 saturated heterocycles. The molecule has 2 aromatic heterocycles. The molecular formula is C19H14F4N4O3. The number of hydrogen-bond donors (Lipinski definition) is 1. The molecule has 3 rings (SSSR count). The lowest BCUT2D eigenvalue weighted by Crippen LogP contribution is -2.26. The molecule has 0 saturated carbocycles. The largest absolute Gasteiger partial charge is 0.444 e. The SMILES string of the molecule is Cc1c(C(=O)OC(C(N)=O)c2ccc(F)cc2)cnn1-c1ccc(C(F)(F)F)cn1. The molecule has 1 atom stereocenters. The zero-order valence-corrected chi connectivity index (χ0v) is 15.4. The summed E-state index contributed by atoms with van der Waals surface area (Å²) >= 11 is 0. The van der Waals surface area contributed by atoms with Gasteiger partial charge in [0.1, 0.15) is 11.4 Å². The number of halogens is 4. The topological polar surface area (TPSA) is 100 Å². The van der Waals surface area contributed by atoms with E-state index in [4.69, 9.17) is 10.5 Å². The highest BCUT2D eigenvalue weighted by Crippen LogP contribution is 2.29. The van der Waals surface area contributed by atoms with Gasteiger partial charge in [-0.15, -0.1) is 0 Å². The predicted octanol–water partition coefficient (Wildman–Crippen LogP) is 3.12. The molecule has 0 aliphatic heterocycles. The molecule has 0 bridgehead atoms. The number of nitrogens with two attached hydrogens (primary N) is 1. The summed E-state index contributed by atoms with van der Waals surface area (Å²) in [7, 11) is 0. The van der Waals surface area contributed by atoms with E-state index in [1.165, 1.54) is 19.1 Å². The number of esters is 1. The number of rotatable bonds is 5. The second kappa shape index (κ2) is 7.93. The minimum atomic E-state index is -4.54. The van der Waals surface area contributed by atoms with Crippen LogP contribution in [0.2, 0.25) is 0 Å².